The number of ether oxygens (including phenoxy) is 3. The van der Waals surface area contributed by atoms with Gasteiger partial charge in [-0.1, -0.05) is 25.5 Å². The standard InChI is InChI=1S/C19H21BrO4/c1-3-4-14-5-7-16(8-6-14)23-9-10-24-19-17(20)11-15(13-21)12-18(19)22-2/h5-8,11-13H,3-4,9-10H2,1-2H3. The molecular weight excluding hydrogens is 372 g/mol. The summed E-state index contributed by atoms with van der Waals surface area (Å²) < 4.78 is 17.4. The minimum Gasteiger partial charge on any atom is -0.493 e. The Hall–Kier alpha value is -2.01. The summed E-state index contributed by atoms with van der Waals surface area (Å²) in [5, 5.41) is 0. The van der Waals surface area contributed by atoms with Gasteiger partial charge in [0.2, 0.25) is 0 Å². The van der Waals surface area contributed by atoms with Gasteiger partial charge in [0.1, 0.15) is 25.2 Å². The molecule has 0 N–H and O–H groups in total. The van der Waals surface area contributed by atoms with Crippen molar-refractivity contribution in [1.29, 1.82) is 0 Å². The fraction of sp³-hybridized carbons (Fsp3) is 0.316. The first-order valence-corrected chi connectivity index (χ1v) is 8.64. The summed E-state index contributed by atoms with van der Waals surface area (Å²) in [6.45, 7) is 2.94. The Morgan fingerprint density at radius 2 is 1.79 bits per heavy atom. The molecule has 0 aliphatic heterocycles. The summed E-state index contributed by atoms with van der Waals surface area (Å²) in [4.78, 5) is 10.9. The van der Waals surface area contributed by atoms with E-state index in [9.17, 15) is 4.79 Å². The lowest BCUT2D eigenvalue weighted by atomic mass is 10.1. The normalized spacial score (nSPS) is 10.3. The molecule has 2 rings (SSSR count). The Bertz CT molecular complexity index is 668. The van der Waals surface area contributed by atoms with Crippen molar-refractivity contribution in [3.05, 3.63) is 52.0 Å². The monoisotopic (exact) mass is 392 g/mol. The van der Waals surface area contributed by atoms with Gasteiger partial charge in [-0.05, 0) is 52.2 Å². The molecule has 0 radical (unpaired) electrons. The highest BCUT2D eigenvalue weighted by Crippen LogP contribution is 2.36. The van der Waals surface area contributed by atoms with Gasteiger partial charge in [-0.15, -0.1) is 0 Å². The van der Waals surface area contributed by atoms with E-state index in [0.717, 1.165) is 24.9 Å². The van der Waals surface area contributed by atoms with Crippen molar-refractivity contribution in [1.82, 2.24) is 0 Å². The van der Waals surface area contributed by atoms with E-state index in [1.54, 1.807) is 12.1 Å². The zero-order valence-corrected chi connectivity index (χ0v) is 15.5. The first-order valence-electron chi connectivity index (χ1n) is 7.85. The number of aryl methyl sites for hydroxylation is 1. The smallest absolute Gasteiger partial charge is 0.175 e. The van der Waals surface area contributed by atoms with E-state index in [4.69, 9.17) is 14.2 Å². The molecule has 0 aliphatic carbocycles. The molecule has 0 aromatic heterocycles. The maximum Gasteiger partial charge on any atom is 0.175 e. The maximum atomic E-state index is 10.9. The van der Waals surface area contributed by atoms with Crippen LogP contribution >= 0.6 is 15.9 Å². The van der Waals surface area contributed by atoms with E-state index in [1.807, 2.05) is 12.1 Å². The van der Waals surface area contributed by atoms with Gasteiger partial charge in [0, 0.05) is 5.56 Å². The molecular formula is C19H21BrO4. The Balaban J connectivity index is 1.89. The first kappa shape index (κ1) is 18.3. The lowest BCUT2D eigenvalue weighted by Crippen LogP contribution is -2.10. The van der Waals surface area contributed by atoms with Crippen molar-refractivity contribution >= 4 is 22.2 Å². The van der Waals surface area contributed by atoms with Crippen LogP contribution in [-0.4, -0.2) is 26.6 Å². The SMILES string of the molecule is CCCc1ccc(OCCOc2c(Br)cc(C=O)cc2OC)cc1. The molecule has 5 heteroatoms. The van der Waals surface area contributed by atoms with Crippen LogP contribution in [-0.2, 0) is 6.42 Å². The van der Waals surface area contributed by atoms with Crippen molar-refractivity contribution in [2.24, 2.45) is 0 Å². The third kappa shape index (κ3) is 4.99. The molecule has 0 unspecified atom stereocenters. The first-order chi connectivity index (χ1) is 11.7. The molecule has 0 saturated carbocycles. The molecule has 0 bridgehead atoms. The van der Waals surface area contributed by atoms with Crippen molar-refractivity contribution in [3.8, 4) is 17.2 Å². The zero-order valence-electron chi connectivity index (χ0n) is 13.9. The zero-order chi connectivity index (χ0) is 17.4. The number of methoxy groups -OCH3 is 1. The van der Waals surface area contributed by atoms with Crippen LogP contribution in [0.5, 0.6) is 17.2 Å². The van der Waals surface area contributed by atoms with Gasteiger partial charge < -0.3 is 14.2 Å². The molecule has 0 spiro atoms. The van der Waals surface area contributed by atoms with E-state index in [0.29, 0.717) is 34.7 Å². The van der Waals surface area contributed by atoms with Gasteiger partial charge in [0.15, 0.2) is 11.5 Å². The van der Waals surface area contributed by atoms with Gasteiger partial charge in [0.05, 0.1) is 11.6 Å². The minimum atomic E-state index is 0.367. The summed E-state index contributed by atoms with van der Waals surface area (Å²) in [5.74, 6) is 1.89. The molecule has 128 valence electrons. The van der Waals surface area contributed by atoms with Crippen molar-refractivity contribution in [2.75, 3.05) is 20.3 Å². The Kier molecular flexibility index (Phi) is 7.12. The average molecular weight is 393 g/mol. The predicted octanol–water partition coefficient (Wildman–Crippen LogP) is 4.68. The third-order valence-corrected chi connectivity index (χ3v) is 4.04. The van der Waals surface area contributed by atoms with Crippen molar-refractivity contribution in [3.63, 3.8) is 0 Å². The second-order valence-corrected chi connectivity index (χ2v) is 6.10. The van der Waals surface area contributed by atoms with Crippen molar-refractivity contribution < 1.29 is 19.0 Å². The Morgan fingerprint density at radius 3 is 2.42 bits per heavy atom. The van der Waals surface area contributed by atoms with Gasteiger partial charge in [-0.2, -0.15) is 0 Å². The average Bonchev–Trinajstić information content (AvgIpc) is 2.60. The van der Waals surface area contributed by atoms with Crippen LogP contribution in [0, 0.1) is 0 Å². The van der Waals surface area contributed by atoms with Crippen LogP contribution in [0.2, 0.25) is 0 Å². The number of benzene rings is 2. The highest BCUT2D eigenvalue weighted by molar-refractivity contribution is 9.10. The molecule has 0 heterocycles. The van der Waals surface area contributed by atoms with Crippen LogP contribution in [0.25, 0.3) is 0 Å². The topological polar surface area (TPSA) is 44.8 Å². The number of hydrogen-bond acceptors (Lipinski definition) is 4. The van der Waals surface area contributed by atoms with Gasteiger partial charge in [-0.25, -0.2) is 0 Å². The molecule has 0 amide bonds. The van der Waals surface area contributed by atoms with E-state index in [-0.39, 0.29) is 0 Å². The Labute approximate surface area is 150 Å². The number of rotatable bonds is 9. The molecule has 2 aromatic carbocycles. The second-order valence-electron chi connectivity index (χ2n) is 5.24. The highest BCUT2D eigenvalue weighted by atomic mass is 79.9. The molecule has 24 heavy (non-hydrogen) atoms. The number of carbonyl (C=O) groups excluding carboxylic acids is 1. The minimum absolute atomic E-state index is 0.367. The lowest BCUT2D eigenvalue weighted by Gasteiger charge is -2.13. The van der Waals surface area contributed by atoms with E-state index >= 15 is 0 Å². The quantitative estimate of drug-likeness (QED) is 0.458. The fourth-order valence-electron chi connectivity index (χ4n) is 2.29. The maximum absolute atomic E-state index is 10.9. The van der Waals surface area contributed by atoms with Crippen LogP contribution in [0.1, 0.15) is 29.3 Å². The van der Waals surface area contributed by atoms with Gasteiger partial charge >= 0.3 is 0 Å². The van der Waals surface area contributed by atoms with Gasteiger partial charge in [-0.3, -0.25) is 4.79 Å². The fourth-order valence-corrected chi connectivity index (χ4v) is 2.87. The van der Waals surface area contributed by atoms with E-state index in [2.05, 4.69) is 35.0 Å². The van der Waals surface area contributed by atoms with Crippen LogP contribution in [0.4, 0.5) is 0 Å². The highest BCUT2D eigenvalue weighted by Gasteiger charge is 2.11. The lowest BCUT2D eigenvalue weighted by molar-refractivity contribution is 0.112. The summed E-state index contributed by atoms with van der Waals surface area (Å²) in [6.07, 6.45) is 2.98. The summed E-state index contributed by atoms with van der Waals surface area (Å²) >= 11 is 3.39. The third-order valence-electron chi connectivity index (χ3n) is 3.45. The van der Waals surface area contributed by atoms with E-state index < -0.39 is 0 Å². The molecule has 2 aromatic rings. The summed E-state index contributed by atoms with van der Waals surface area (Å²) in [5.41, 5.74) is 1.83. The molecule has 0 fully saturated rings. The molecule has 0 aliphatic rings. The Morgan fingerprint density at radius 1 is 1.08 bits per heavy atom. The number of carbonyl (C=O) groups is 1. The van der Waals surface area contributed by atoms with Crippen LogP contribution < -0.4 is 14.2 Å². The number of halogens is 1. The molecule has 4 nitrogen and oxygen atoms in total. The van der Waals surface area contributed by atoms with Gasteiger partial charge in [0.25, 0.3) is 0 Å². The number of aldehydes is 1. The second kappa shape index (κ2) is 9.33. The summed E-state index contributed by atoms with van der Waals surface area (Å²) in [6, 6.07) is 11.4. The molecule has 0 saturated heterocycles. The largest absolute Gasteiger partial charge is 0.493 e. The predicted molar refractivity (Wildman–Crippen MR) is 97.5 cm³/mol. The van der Waals surface area contributed by atoms with Crippen molar-refractivity contribution in [2.45, 2.75) is 19.8 Å². The summed E-state index contributed by atoms with van der Waals surface area (Å²) in [7, 11) is 1.54. The molecule has 0 atom stereocenters. The van der Waals surface area contributed by atoms with Crippen LogP contribution in [0.3, 0.4) is 0 Å². The van der Waals surface area contributed by atoms with E-state index in [1.165, 1.54) is 12.7 Å². The number of hydrogen-bond donors (Lipinski definition) is 0. The van der Waals surface area contributed by atoms with Crippen LogP contribution in [0.15, 0.2) is 40.9 Å².